The van der Waals surface area contributed by atoms with Crippen LogP contribution >= 0.6 is 22.7 Å². The summed E-state index contributed by atoms with van der Waals surface area (Å²) in [4.78, 5) is 5.56. The van der Waals surface area contributed by atoms with Crippen LogP contribution in [0.2, 0.25) is 0 Å². The average Bonchev–Trinajstić information content (AvgIpc) is 3.57. The maximum Gasteiger partial charge on any atom is 0.0393 e. The second kappa shape index (κ2) is 7.21. The minimum Gasteiger partial charge on any atom is -0.399 e. The Hall–Kier alpha value is -3.14. The van der Waals surface area contributed by atoms with Crippen molar-refractivity contribution in [2.45, 2.75) is 45.4 Å². The van der Waals surface area contributed by atoms with Gasteiger partial charge in [0.15, 0.2) is 0 Å². The van der Waals surface area contributed by atoms with Crippen molar-refractivity contribution < 1.29 is 0 Å². The normalized spacial score (nSPS) is 15.9. The number of hydrogen-bond acceptors (Lipinski definition) is 3. The van der Waals surface area contributed by atoms with Crippen molar-refractivity contribution in [2.75, 3.05) is 5.73 Å². The fraction of sp³-hybridized carbons (Fsp3) is 0.212. The number of aryl methyl sites for hydroxylation is 1. The fourth-order valence-electron chi connectivity index (χ4n) is 6.06. The van der Waals surface area contributed by atoms with E-state index in [0.29, 0.717) is 0 Å². The molecule has 0 spiro atoms. The molecule has 178 valence electrons. The number of rotatable bonds is 2. The summed E-state index contributed by atoms with van der Waals surface area (Å²) in [5.41, 5.74) is 19.3. The summed E-state index contributed by atoms with van der Waals surface area (Å²) >= 11 is 3.87. The van der Waals surface area contributed by atoms with Gasteiger partial charge in [-0.05, 0) is 87.8 Å². The average molecular weight is 504 g/mol. The third-order valence-electron chi connectivity index (χ3n) is 8.34. The van der Waals surface area contributed by atoms with Gasteiger partial charge >= 0.3 is 0 Å². The van der Waals surface area contributed by atoms with E-state index in [2.05, 4.69) is 95.3 Å². The van der Waals surface area contributed by atoms with Crippen LogP contribution in [0.4, 0.5) is 5.69 Å². The second-order valence-corrected chi connectivity index (χ2v) is 13.5. The number of hydrogen-bond donors (Lipinski definition) is 1. The van der Waals surface area contributed by atoms with Crippen LogP contribution in [-0.4, -0.2) is 0 Å². The van der Waals surface area contributed by atoms with Crippen molar-refractivity contribution in [2.24, 2.45) is 0 Å². The Labute approximate surface area is 221 Å². The number of anilines is 1. The molecule has 0 saturated carbocycles. The van der Waals surface area contributed by atoms with E-state index < -0.39 is 0 Å². The van der Waals surface area contributed by atoms with E-state index in [1.54, 1.807) is 0 Å². The highest BCUT2D eigenvalue weighted by atomic mass is 32.1. The third-order valence-corrected chi connectivity index (χ3v) is 10.8. The van der Waals surface area contributed by atoms with Crippen LogP contribution in [0.5, 0.6) is 0 Å². The summed E-state index contributed by atoms with van der Waals surface area (Å²) in [7, 11) is 0. The Morgan fingerprint density at radius 1 is 0.556 bits per heavy atom. The molecular formula is C33H29NS2. The van der Waals surface area contributed by atoms with Gasteiger partial charge in [0.25, 0.3) is 0 Å². The predicted octanol–water partition coefficient (Wildman–Crippen LogP) is 9.65. The zero-order valence-electron chi connectivity index (χ0n) is 21.3. The molecule has 0 bridgehead atoms. The van der Waals surface area contributed by atoms with Crippen LogP contribution in [0.25, 0.3) is 41.8 Å². The van der Waals surface area contributed by atoms with Crippen LogP contribution in [0.1, 0.15) is 55.5 Å². The van der Waals surface area contributed by atoms with Crippen LogP contribution in [0, 0.1) is 6.92 Å². The summed E-state index contributed by atoms with van der Waals surface area (Å²) in [6.45, 7) is 11.7. The highest BCUT2D eigenvalue weighted by molar-refractivity contribution is 7.19. The first-order valence-electron chi connectivity index (χ1n) is 12.6. The Balaban J connectivity index is 1.38. The van der Waals surface area contributed by atoms with E-state index in [9.17, 15) is 0 Å². The van der Waals surface area contributed by atoms with Gasteiger partial charge in [0.1, 0.15) is 0 Å². The summed E-state index contributed by atoms with van der Waals surface area (Å²) in [6.07, 6.45) is 0. The molecule has 0 aliphatic heterocycles. The maximum absolute atomic E-state index is 5.94. The maximum atomic E-state index is 5.94. The Bertz CT molecular complexity index is 1550. The quantitative estimate of drug-likeness (QED) is 0.238. The molecule has 1 nitrogen and oxygen atoms in total. The summed E-state index contributed by atoms with van der Waals surface area (Å²) in [5.74, 6) is 0. The molecule has 2 aliphatic rings. The molecule has 2 aromatic heterocycles. The third kappa shape index (κ3) is 2.93. The topological polar surface area (TPSA) is 26.0 Å². The first-order chi connectivity index (χ1) is 17.1. The van der Waals surface area contributed by atoms with Gasteiger partial charge in [0, 0.05) is 36.0 Å². The Morgan fingerprint density at radius 2 is 0.972 bits per heavy atom. The monoisotopic (exact) mass is 503 g/mol. The lowest BCUT2D eigenvalue weighted by Crippen LogP contribution is -2.16. The van der Waals surface area contributed by atoms with Gasteiger partial charge in [-0.25, -0.2) is 0 Å². The van der Waals surface area contributed by atoms with Crippen molar-refractivity contribution in [3.05, 3.63) is 101 Å². The lowest BCUT2D eigenvalue weighted by Gasteiger charge is -2.24. The van der Waals surface area contributed by atoms with E-state index in [1.807, 2.05) is 34.8 Å². The van der Waals surface area contributed by atoms with E-state index in [1.165, 1.54) is 69.6 Å². The lowest BCUT2D eigenvalue weighted by molar-refractivity contribution is 0.653. The number of benzene rings is 3. The zero-order valence-corrected chi connectivity index (χ0v) is 23.0. The first kappa shape index (κ1) is 22.1. The molecule has 7 rings (SSSR count). The molecule has 2 N–H and O–H groups in total. The molecule has 2 aliphatic carbocycles. The van der Waals surface area contributed by atoms with E-state index in [4.69, 9.17) is 5.73 Å². The van der Waals surface area contributed by atoms with Gasteiger partial charge in [-0.3, -0.25) is 0 Å². The van der Waals surface area contributed by atoms with Gasteiger partial charge in [-0.2, -0.15) is 0 Å². The van der Waals surface area contributed by atoms with Crippen molar-refractivity contribution in [1.29, 1.82) is 0 Å². The van der Waals surface area contributed by atoms with Crippen LogP contribution in [-0.2, 0) is 10.8 Å². The molecule has 5 aromatic rings. The smallest absolute Gasteiger partial charge is 0.0393 e. The second-order valence-electron chi connectivity index (χ2n) is 11.4. The molecule has 36 heavy (non-hydrogen) atoms. The van der Waals surface area contributed by atoms with Crippen molar-refractivity contribution in [3.63, 3.8) is 0 Å². The van der Waals surface area contributed by atoms with Gasteiger partial charge in [-0.1, -0.05) is 69.7 Å². The lowest BCUT2D eigenvalue weighted by atomic mass is 9.79. The first-order valence-corrected chi connectivity index (χ1v) is 14.2. The standard InChI is InChI=1S/C33H29NS2/c1-18-6-8-19(9-7-18)28-16-26-30(35-28)22-14-25-23(15-24(22)32(26,2)3)31-27(33(25,4)5)17-29(36-31)20-10-12-21(34)13-11-20/h6-17H,34H2,1-5H3. The molecule has 0 unspecified atom stereocenters. The summed E-state index contributed by atoms with van der Waals surface area (Å²) in [6, 6.07) is 27.1. The molecule has 0 atom stereocenters. The fourth-order valence-corrected chi connectivity index (χ4v) is 8.77. The van der Waals surface area contributed by atoms with Gasteiger partial charge in [0.2, 0.25) is 0 Å². The minimum atomic E-state index is -0.0216. The van der Waals surface area contributed by atoms with Crippen molar-refractivity contribution in [3.8, 4) is 41.8 Å². The van der Waals surface area contributed by atoms with E-state index in [-0.39, 0.29) is 10.8 Å². The largest absolute Gasteiger partial charge is 0.399 e. The van der Waals surface area contributed by atoms with Crippen LogP contribution < -0.4 is 5.73 Å². The molecule has 0 fully saturated rings. The minimum absolute atomic E-state index is 0.0108. The van der Waals surface area contributed by atoms with E-state index >= 15 is 0 Å². The summed E-state index contributed by atoms with van der Waals surface area (Å²) < 4.78 is 0. The number of nitrogens with two attached hydrogens (primary N) is 1. The van der Waals surface area contributed by atoms with Crippen LogP contribution in [0.15, 0.2) is 72.8 Å². The molecule has 0 saturated heterocycles. The Kier molecular flexibility index (Phi) is 4.43. The Morgan fingerprint density at radius 3 is 1.42 bits per heavy atom. The van der Waals surface area contributed by atoms with Crippen LogP contribution in [0.3, 0.4) is 0 Å². The molecule has 3 aromatic carbocycles. The SMILES string of the molecule is Cc1ccc(-c2cc3c(s2)-c2cc4c(cc2C3(C)C)-c2sc(-c3ccc(N)cc3)cc2C4(C)C)cc1. The van der Waals surface area contributed by atoms with E-state index in [0.717, 1.165) is 5.69 Å². The number of nitrogen functional groups attached to an aromatic ring is 1. The molecular weight excluding hydrogens is 475 g/mol. The molecule has 0 amide bonds. The van der Waals surface area contributed by atoms with Crippen molar-refractivity contribution >= 4 is 28.4 Å². The highest BCUT2D eigenvalue weighted by Crippen LogP contribution is 2.60. The van der Waals surface area contributed by atoms with Gasteiger partial charge in [-0.15, -0.1) is 22.7 Å². The molecule has 3 heteroatoms. The summed E-state index contributed by atoms with van der Waals surface area (Å²) in [5, 5.41) is 0. The molecule has 0 radical (unpaired) electrons. The molecule has 2 heterocycles. The van der Waals surface area contributed by atoms with Crippen molar-refractivity contribution in [1.82, 2.24) is 0 Å². The van der Waals surface area contributed by atoms with Gasteiger partial charge in [0.05, 0.1) is 0 Å². The zero-order chi connectivity index (χ0) is 25.0. The highest BCUT2D eigenvalue weighted by Gasteiger charge is 2.43. The number of thiophene rings is 2. The predicted molar refractivity (Wildman–Crippen MR) is 157 cm³/mol. The number of fused-ring (bicyclic) bond motifs is 6. The van der Waals surface area contributed by atoms with Gasteiger partial charge < -0.3 is 5.73 Å².